The molecule has 2 N–H and O–H groups in total. The van der Waals surface area contributed by atoms with Crippen molar-refractivity contribution in [3.63, 3.8) is 0 Å². The molecule has 1 aromatic rings. The van der Waals surface area contributed by atoms with E-state index in [2.05, 4.69) is 26.1 Å². The first-order valence-corrected chi connectivity index (χ1v) is 9.10. The lowest BCUT2D eigenvalue weighted by molar-refractivity contribution is 0.0508. The van der Waals surface area contributed by atoms with Crippen molar-refractivity contribution in [2.24, 2.45) is 0 Å². The fraction of sp³-hybridized carbons (Fsp3) is 0.538. The summed E-state index contributed by atoms with van der Waals surface area (Å²) in [6.45, 7) is 6.78. The van der Waals surface area contributed by atoms with Gasteiger partial charge in [0, 0.05) is 11.3 Å². The lowest BCUT2D eigenvalue weighted by Crippen LogP contribution is -2.45. The zero-order chi connectivity index (χ0) is 11.8. The minimum atomic E-state index is -1.49. The normalized spacial score (nSPS) is 28.9. The third-order valence-corrected chi connectivity index (χ3v) is 6.03. The number of benzene rings is 1. The van der Waals surface area contributed by atoms with E-state index in [-0.39, 0.29) is 5.60 Å². The molecule has 0 bridgehead atoms. The van der Waals surface area contributed by atoms with Gasteiger partial charge in [-0.05, 0) is 38.5 Å². The molecule has 0 spiro atoms. The quantitative estimate of drug-likeness (QED) is 0.597. The molecule has 1 aliphatic heterocycles. The largest absolute Gasteiger partial charge is 0.408 e. The van der Waals surface area contributed by atoms with Gasteiger partial charge >= 0.3 is 0 Å². The van der Waals surface area contributed by atoms with Crippen LogP contribution in [-0.4, -0.2) is 8.32 Å². The maximum Gasteiger partial charge on any atom is 0.187 e. The summed E-state index contributed by atoms with van der Waals surface area (Å²) in [6, 6.07) is 9.35. The number of nitrogen functional groups attached to an aromatic ring is 1. The Morgan fingerprint density at radius 2 is 2.00 bits per heavy atom. The van der Waals surface area contributed by atoms with Crippen molar-refractivity contribution < 1.29 is 4.43 Å². The fourth-order valence-corrected chi connectivity index (χ4v) is 5.29. The second-order valence-corrected chi connectivity index (χ2v) is 9.76. The lowest BCUT2D eigenvalue weighted by atomic mass is 9.90. The van der Waals surface area contributed by atoms with E-state index in [0.29, 0.717) is 0 Å². The Balaban J connectivity index is 2.35. The summed E-state index contributed by atoms with van der Waals surface area (Å²) in [5, 5.41) is 0. The second-order valence-electron chi connectivity index (χ2n) is 5.53. The number of anilines is 1. The van der Waals surface area contributed by atoms with E-state index in [9.17, 15) is 0 Å². The van der Waals surface area contributed by atoms with Crippen molar-refractivity contribution in [3.8, 4) is 0 Å². The van der Waals surface area contributed by atoms with Crippen LogP contribution in [0.4, 0.5) is 5.69 Å². The van der Waals surface area contributed by atoms with Gasteiger partial charge < -0.3 is 10.2 Å². The molecule has 0 aliphatic carbocycles. The summed E-state index contributed by atoms with van der Waals surface area (Å²) in [7, 11) is -1.49. The van der Waals surface area contributed by atoms with Crippen LogP contribution >= 0.6 is 0 Å². The van der Waals surface area contributed by atoms with Gasteiger partial charge in [-0.2, -0.15) is 0 Å². The molecule has 1 atom stereocenters. The van der Waals surface area contributed by atoms with Gasteiger partial charge in [0.1, 0.15) is 0 Å². The monoisotopic (exact) mass is 235 g/mol. The molecule has 2 rings (SSSR count). The molecule has 1 aliphatic rings. The third-order valence-electron chi connectivity index (χ3n) is 3.46. The van der Waals surface area contributed by atoms with E-state index < -0.39 is 8.32 Å². The van der Waals surface area contributed by atoms with Crippen LogP contribution < -0.4 is 5.73 Å². The number of hydrogen-bond acceptors (Lipinski definition) is 2. The number of hydrogen-bond donors (Lipinski definition) is 1. The first-order valence-electron chi connectivity index (χ1n) is 5.98. The highest BCUT2D eigenvalue weighted by Gasteiger charge is 2.40. The van der Waals surface area contributed by atoms with Gasteiger partial charge in [-0.15, -0.1) is 0 Å². The predicted molar refractivity (Wildman–Crippen MR) is 70.8 cm³/mol. The minimum absolute atomic E-state index is 0.167. The van der Waals surface area contributed by atoms with Gasteiger partial charge in [0.15, 0.2) is 8.32 Å². The Morgan fingerprint density at radius 1 is 1.31 bits per heavy atom. The molecule has 0 aromatic heterocycles. The first kappa shape index (κ1) is 11.7. The van der Waals surface area contributed by atoms with Crippen LogP contribution in [0.1, 0.15) is 25.3 Å². The molecule has 1 heterocycles. The Hall–Kier alpha value is -0.803. The van der Waals surface area contributed by atoms with Crippen LogP contribution in [-0.2, 0) is 10.0 Å². The molecule has 1 aromatic carbocycles. The van der Waals surface area contributed by atoms with Crippen LogP contribution in [0.3, 0.4) is 0 Å². The molecule has 2 nitrogen and oxygen atoms in total. The van der Waals surface area contributed by atoms with Crippen molar-refractivity contribution in [2.45, 2.75) is 44.5 Å². The Morgan fingerprint density at radius 3 is 2.62 bits per heavy atom. The van der Waals surface area contributed by atoms with Crippen molar-refractivity contribution in [1.29, 1.82) is 0 Å². The van der Waals surface area contributed by atoms with Gasteiger partial charge in [0.2, 0.25) is 0 Å². The van der Waals surface area contributed by atoms with Gasteiger partial charge in [-0.1, -0.05) is 24.6 Å². The Kier molecular flexibility index (Phi) is 2.84. The molecule has 1 saturated heterocycles. The minimum Gasteiger partial charge on any atom is -0.408 e. The summed E-state index contributed by atoms with van der Waals surface area (Å²) in [4.78, 5) is 0. The molecule has 0 amide bonds. The van der Waals surface area contributed by atoms with Crippen molar-refractivity contribution in [3.05, 3.63) is 29.8 Å². The molecule has 0 radical (unpaired) electrons. The molecule has 16 heavy (non-hydrogen) atoms. The van der Waals surface area contributed by atoms with E-state index in [1.54, 1.807) is 0 Å². The highest BCUT2D eigenvalue weighted by molar-refractivity contribution is 6.71. The maximum absolute atomic E-state index is 6.39. The topological polar surface area (TPSA) is 35.2 Å². The van der Waals surface area contributed by atoms with Crippen LogP contribution in [0.2, 0.25) is 19.1 Å². The number of nitrogens with two attached hydrogens (primary N) is 1. The Bertz CT molecular complexity index is 391. The second kappa shape index (κ2) is 3.89. The maximum atomic E-state index is 6.39. The average molecular weight is 235 g/mol. The van der Waals surface area contributed by atoms with Crippen molar-refractivity contribution >= 4 is 14.0 Å². The molecule has 3 heteroatoms. The van der Waals surface area contributed by atoms with Gasteiger partial charge in [-0.3, -0.25) is 0 Å². The molecule has 88 valence electrons. The highest BCUT2D eigenvalue weighted by Crippen LogP contribution is 2.42. The molecule has 1 unspecified atom stereocenters. The van der Waals surface area contributed by atoms with E-state index >= 15 is 0 Å². The molecular weight excluding hydrogens is 214 g/mol. The summed E-state index contributed by atoms with van der Waals surface area (Å²) < 4.78 is 6.39. The van der Waals surface area contributed by atoms with E-state index in [1.165, 1.54) is 12.5 Å². The summed E-state index contributed by atoms with van der Waals surface area (Å²) >= 11 is 0. The fourth-order valence-electron chi connectivity index (χ4n) is 2.73. The van der Waals surface area contributed by atoms with E-state index in [1.807, 2.05) is 18.2 Å². The van der Waals surface area contributed by atoms with Gasteiger partial charge in [0.05, 0.1) is 5.60 Å². The van der Waals surface area contributed by atoms with Crippen molar-refractivity contribution in [1.82, 2.24) is 0 Å². The van der Waals surface area contributed by atoms with Gasteiger partial charge in [0.25, 0.3) is 0 Å². The molecular formula is C13H21NOSi. The van der Waals surface area contributed by atoms with Crippen LogP contribution in [0.5, 0.6) is 0 Å². The van der Waals surface area contributed by atoms with E-state index in [0.717, 1.165) is 17.7 Å². The molecule has 1 fully saturated rings. The summed E-state index contributed by atoms with van der Waals surface area (Å²) in [6.07, 6.45) is 2.34. The highest BCUT2D eigenvalue weighted by atomic mass is 28.4. The van der Waals surface area contributed by atoms with Crippen LogP contribution in [0.25, 0.3) is 0 Å². The standard InChI is InChI=1S/C13H21NOSi/c1-13(9-6-10-16(2,3)15-13)11-7-4-5-8-12(11)14/h4-5,7-8H,6,9-10,14H2,1-3H3. The third kappa shape index (κ3) is 2.15. The molecule has 0 saturated carbocycles. The SMILES string of the molecule is CC1(c2ccccc2N)CCC[Si](C)(C)O1. The van der Waals surface area contributed by atoms with Gasteiger partial charge in [-0.25, -0.2) is 0 Å². The van der Waals surface area contributed by atoms with Crippen LogP contribution in [0.15, 0.2) is 24.3 Å². The zero-order valence-corrected chi connectivity index (χ0v) is 11.4. The average Bonchev–Trinajstić information content (AvgIpc) is 2.16. The summed E-state index contributed by atoms with van der Waals surface area (Å²) in [5.74, 6) is 0. The predicted octanol–water partition coefficient (Wildman–Crippen LogP) is 3.50. The summed E-state index contributed by atoms with van der Waals surface area (Å²) in [5.41, 5.74) is 7.91. The lowest BCUT2D eigenvalue weighted by Gasteiger charge is -2.43. The zero-order valence-electron chi connectivity index (χ0n) is 10.4. The smallest absolute Gasteiger partial charge is 0.187 e. The van der Waals surface area contributed by atoms with E-state index in [4.69, 9.17) is 10.2 Å². The first-order chi connectivity index (χ1) is 7.43. The Labute approximate surface area is 98.9 Å². The number of rotatable bonds is 1. The van der Waals surface area contributed by atoms with Crippen LogP contribution in [0, 0.1) is 0 Å². The number of para-hydroxylation sites is 1. The van der Waals surface area contributed by atoms with Crippen molar-refractivity contribution in [2.75, 3.05) is 5.73 Å².